The molecule has 0 spiro atoms. The van der Waals surface area contributed by atoms with Crippen molar-refractivity contribution >= 4 is 32.9 Å². The van der Waals surface area contributed by atoms with E-state index in [1.807, 2.05) is 12.1 Å². The number of carboxylic acids is 1. The summed E-state index contributed by atoms with van der Waals surface area (Å²) in [5, 5.41) is 18.2. The number of fused-ring (bicyclic) bond motifs is 1. The molecule has 0 aliphatic rings. The number of carbonyl (C=O) groups is 1. The molecule has 0 bridgehead atoms. The van der Waals surface area contributed by atoms with E-state index in [1.54, 1.807) is 23.0 Å². The maximum absolute atomic E-state index is 11.0. The fourth-order valence-corrected chi connectivity index (χ4v) is 2.51. The Morgan fingerprint density at radius 2 is 2.10 bits per heavy atom. The molecular weight excluding hydrogens is 334 g/mol. The molecule has 6 heteroatoms. The molecule has 0 aliphatic heterocycles. The van der Waals surface area contributed by atoms with Gasteiger partial charge in [-0.15, -0.1) is 0 Å². The predicted octanol–water partition coefficient (Wildman–Crippen LogP) is 3.36. The quantitative estimate of drug-likeness (QED) is 0.775. The Bertz CT molecular complexity index is 909. The minimum Gasteiger partial charge on any atom is -0.478 e. The highest BCUT2D eigenvalue weighted by atomic mass is 79.9. The number of hydrogen-bond donors (Lipinski definition) is 1. The standard InChI is InChI=1S/C15H8BrN3O2/c16-11-2-4-13(10(5-11)7-17)19-8-18-12-6-9(15(20)21)1-3-14(12)19/h1-6,8H,(H,20,21). The van der Waals surface area contributed by atoms with Crippen molar-refractivity contribution in [1.29, 1.82) is 5.26 Å². The molecule has 0 unspecified atom stereocenters. The molecule has 3 rings (SSSR count). The van der Waals surface area contributed by atoms with Crippen LogP contribution in [-0.4, -0.2) is 20.6 Å². The van der Waals surface area contributed by atoms with Crippen LogP contribution in [0.2, 0.25) is 0 Å². The molecule has 0 aliphatic carbocycles. The fraction of sp³-hybridized carbons (Fsp3) is 0. The van der Waals surface area contributed by atoms with Crippen molar-refractivity contribution in [3.63, 3.8) is 0 Å². The minimum absolute atomic E-state index is 0.184. The van der Waals surface area contributed by atoms with Crippen LogP contribution in [0.5, 0.6) is 0 Å². The van der Waals surface area contributed by atoms with Gasteiger partial charge in [-0.3, -0.25) is 4.57 Å². The molecule has 1 N–H and O–H groups in total. The molecule has 1 aromatic heterocycles. The first-order chi connectivity index (χ1) is 10.1. The molecular formula is C15H8BrN3O2. The van der Waals surface area contributed by atoms with E-state index in [4.69, 9.17) is 5.11 Å². The number of nitriles is 1. The van der Waals surface area contributed by atoms with Crippen LogP contribution in [0.3, 0.4) is 0 Å². The van der Waals surface area contributed by atoms with Gasteiger partial charge in [-0.25, -0.2) is 9.78 Å². The normalized spacial score (nSPS) is 10.5. The van der Waals surface area contributed by atoms with Gasteiger partial charge in [0, 0.05) is 4.47 Å². The predicted molar refractivity (Wildman–Crippen MR) is 80.4 cm³/mol. The Kier molecular flexibility index (Phi) is 3.20. The zero-order chi connectivity index (χ0) is 15.0. The molecule has 0 radical (unpaired) electrons. The summed E-state index contributed by atoms with van der Waals surface area (Å²) < 4.78 is 2.59. The lowest BCUT2D eigenvalue weighted by Gasteiger charge is -2.07. The van der Waals surface area contributed by atoms with E-state index < -0.39 is 5.97 Å². The van der Waals surface area contributed by atoms with E-state index in [2.05, 4.69) is 27.0 Å². The highest BCUT2D eigenvalue weighted by Crippen LogP contribution is 2.24. The Morgan fingerprint density at radius 1 is 1.29 bits per heavy atom. The number of nitrogens with zero attached hydrogens (tertiary/aromatic N) is 3. The minimum atomic E-state index is -0.993. The maximum atomic E-state index is 11.0. The Hall–Kier alpha value is -2.65. The van der Waals surface area contributed by atoms with E-state index in [-0.39, 0.29) is 5.56 Å². The zero-order valence-electron chi connectivity index (χ0n) is 10.6. The first-order valence-electron chi connectivity index (χ1n) is 6.00. The van der Waals surface area contributed by atoms with Crippen molar-refractivity contribution < 1.29 is 9.90 Å². The van der Waals surface area contributed by atoms with Gasteiger partial charge in [0.15, 0.2) is 0 Å². The van der Waals surface area contributed by atoms with Gasteiger partial charge in [0.25, 0.3) is 0 Å². The van der Waals surface area contributed by atoms with Crippen LogP contribution in [0.15, 0.2) is 47.2 Å². The number of rotatable bonds is 2. The molecule has 3 aromatic rings. The van der Waals surface area contributed by atoms with Crippen LogP contribution >= 0.6 is 15.9 Å². The average molecular weight is 342 g/mol. The lowest BCUT2D eigenvalue weighted by atomic mass is 10.1. The van der Waals surface area contributed by atoms with Crippen LogP contribution in [-0.2, 0) is 0 Å². The van der Waals surface area contributed by atoms with Crippen LogP contribution in [0.25, 0.3) is 16.7 Å². The molecule has 0 saturated carbocycles. The second-order valence-corrected chi connectivity index (χ2v) is 5.31. The highest BCUT2D eigenvalue weighted by molar-refractivity contribution is 9.10. The SMILES string of the molecule is N#Cc1cc(Br)ccc1-n1cnc2cc(C(=O)O)ccc21. The number of carboxylic acid groups (broad SMARTS) is 1. The van der Waals surface area contributed by atoms with Crippen molar-refractivity contribution in [1.82, 2.24) is 9.55 Å². The summed E-state index contributed by atoms with van der Waals surface area (Å²) in [6.07, 6.45) is 1.58. The van der Waals surface area contributed by atoms with Gasteiger partial charge >= 0.3 is 5.97 Å². The van der Waals surface area contributed by atoms with Crippen LogP contribution < -0.4 is 0 Å². The largest absolute Gasteiger partial charge is 0.478 e. The highest BCUT2D eigenvalue weighted by Gasteiger charge is 2.11. The third kappa shape index (κ3) is 2.28. The average Bonchev–Trinajstić information content (AvgIpc) is 2.89. The molecule has 1 heterocycles. The van der Waals surface area contributed by atoms with E-state index in [0.29, 0.717) is 16.8 Å². The second kappa shape index (κ2) is 5.04. The maximum Gasteiger partial charge on any atom is 0.335 e. The summed E-state index contributed by atoms with van der Waals surface area (Å²) in [7, 11) is 0. The van der Waals surface area contributed by atoms with Gasteiger partial charge in [-0.1, -0.05) is 15.9 Å². The van der Waals surface area contributed by atoms with Crippen molar-refractivity contribution in [2.45, 2.75) is 0 Å². The molecule has 102 valence electrons. The fourth-order valence-electron chi connectivity index (χ4n) is 2.15. The molecule has 0 fully saturated rings. The summed E-state index contributed by atoms with van der Waals surface area (Å²) in [4.78, 5) is 15.2. The summed E-state index contributed by atoms with van der Waals surface area (Å²) in [6, 6.07) is 12.3. The van der Waals surface area contributed by atoms with Crippen LogP contribution in [0.4, 0.5) is 0 Å². The van der Waals surface area contributed by atoms with Gasteiger partial charge in [0.05, 0.1) is 27.8 Å². The Labute approximate surface area is 128 Å². The van der Waals surface area contributed by atoms with Gasteiger partial charge in [0.2, 0.25) is 0 Å². The monoisotopic (exact) mass is 341 g/mol. The number of hydrogen-bond acceptors (Lipinski definition) is 3. The van der Waals surface area contributed by atoms with Crippen LogP contribution in [0.1, 0.15) is 15.9 Å². The third-order valence-corrected chi connectivity index (χ3v) is 3.63. The smallest absolute Gasteiger partial charge is 0.335 e. The first kappa shape index (κ1) is 13.3. The van der Waals surface area contributed by atoms with Crippen molar-refractivity contribution in [2.75, 3.05) is 0 Å². The Balaban J connectivity index is 2.23. The zero-order valence-corrected chi connectivity index (χ0v) is 12.2. The van der Waals surface area contributed by atoms with Gasteiger partial charge in [-0.2, -0.15) is 5.26 Å². The molecule has 21 heavy (non-hydrogen) atoms. The van der Waals surface area contributed by atoms with E-state index in [1.165, 1.54) is 12.1 Å². The summed E-state index contributed by atoms with van der Waals surface area (Å²) in [5.41, 5.74) is 2.71. The van der Waals surface area contributed by atoms with E-state index in [0.717, 1.165) is 9.99 Å². The van der Waals surface area contributed by atoms with Gasteiger partial charge in [-0.05, 0) is 36.4 Å². The second-order valence-electron chi connectivity index (χ2n) is 4.40. The molecule has 0 amide bonds. The van der Waals surface area contributed by atoms with Crippen molar-refractivity contribution in [2.24, 2.45) is 0 Å². The summed E-state index contributed by atoms with van der Waals surface area (Å²) in [6.45, 7) is 0. The number of benzene rings is 2. The van der Waals surface area contributed by atoms with Gasteiger partial charge < -0.3 is 5.11 Å². The molecule has 0 saturated heterocycles. The summed E-state index contributed by atoms with van der Waals surface area (Å²) in [5.74, 6) is -0.993. The van der Waals surface area contributed by atoms with E-state index >= 15 is 0 Å². The van der Waals surface area contributed by atoms with E-state index in [9.17, 15) is 10.1 Å². The first-order valence-corrected chi connectivity index (χ1v) is 6.80. The Morgan fingerprint density at radius 3 is 2.81 bits per heavy atom. The topological polar surface area (TPSA) is 78.9 Å². The van der Waals surface area contributed by atoms with Crippen LogP contribution in [0, 0.1) is 11.3 Å². The lowest BCUT2D eigenvalue weighted by Crippen LogP contribution is -1.98. The number of imidazole rings is 1. The lowest BCUT2D eigenvalue weighted by molar-refractivity contribution is 0.0697. The number of halogens is 1. The molecule has 5 nitrogen and oxygen atoms in total. The number of aromatic nitrogens is 2. The third-order valence-electron chi connectivity index (χ3n) is 3.13. The molecule has 0 atom stereocenters. The van der Waals surface area contributed by atoms with Crippen molar-refractivity contribution in [3.8, 4) is 11.8 Å². The van der Waals surface area contributed by atoms with Gasteiger partial charge in [0.1, 0.15) is 12.4 Å². The molecule has 2 aromatic carbocycles. The summed E-state index contributed by atoms with van der Waals surface area (Å²) >= 11 is 3.33. The van der Waals surface area contributed by atoms with Crippen molar-refractivity contribution in [3.05, 3.63) is 58.3 Å². The number of aromatic carboxylic acids is 1.